The topological polar surface area (TPSA) is 65.9 Å². The van der Waals surface area contributed by atoms with E-state index in [1.807, 2.05) is 42.5 Å². The Morgan fingerprint density at radius 2 is 2.00 bits per heavy atom. The van der Waals surface area contributed by atoms with Gasteiger partial charge in [-0.3, -0.25) is 4.79 Å². The molecule has 6 nitrogen and oxygen atoms in total. The molecular formula is C23H22ClN3O3S. The standard InChI is InChI=1S/C23H22ClN3O3S/c1-30-20-12-16(6-7-19(20)26-10-8-17(28)13-26)27-11-9-18-21(23(27)29)31-22(25-18)14-2-4-15(24)5-3-14/h2-7,12,17,28H,8-11,13H2,1H3. The second-order valence-corrected chi connectivity index (χ2v) is 9.19. The molecule has 1 fully saturated rings. The van der Waals surface area contributed by atoms with Crippen molar-refractivity contribution >= 4 is 40.2 Å². The van der Waals surface area contributed by atoms with Crippen molar-refractivity contribution in [1.82, 2.24) is 4.98 Å². The second-order valence-electron chi connectivity index (χ2n) is 7.75. The number of anilines is 2. The number of hydrogen-bond acceptors (Lipinski definition) is 6. The van der Waals surface area contributed by atoms with Crippen LogP contribution < -0.4 is 14.5 Å². The van der Waals surface area contributed by atoms with Crippen LogP contribution in [0.25, 0.3) is 10.6 Å². The highest BCUT2D eigenvalue weighted by molar-refractivity contribution is 7.17. The summed E-state index contributed by atoms with van der Waals surface area (Å²) in [5.41, 5.74) is 3.56. The molecule has 2 aromatic carbocycles. The largest absolute Gasteiger partial charge is 0.495 e. The zero-order valence-electron chi connectivity index (χ0n) is 17.0. The molecule has 0 aliphatic carbocycles. The third-order valence-electron chi connectivity index (χ3n) is 5.78. The third-order valence-corrected chi connectivity index (χ3v) is 7.17. The summed E-state index contributed by atoms with van der Waals surface area (Å²) >= 11 is 7.41. The molecule has 0 radical (unpaired) electrons. The highest BCUT2D eigenvalue weighted by atomic mass is 35.5. The summed E-state index contributed by atoms with van der Waals surface area (Å²) in [5.74, 6) is 0.668. The number of benzene rings is 2. The first-order chi connectivity index (χ1) is 15.0. The average Bonchev–Trinajstić information content (AvgIpc) is 3.41. The maximum Gasteiger partial charge on any atom is 0.270 e. The first-order valence-corrected chi connectivity index (χ1v) is 11.4. The predicted molar refractivity (Wildman–Crippen MR) is 124 cm³/mol. The number of hydrogen-bond donors (Lipinski definition) is 1. The fourth-order valence-corrected chi connectivity index (χ4v) is 5.34. The van der Waals surface area contributed by atoms with E-state index >= 15 is 0 Å². The molecule has 2 aliphatic heterocycles. The Kier molecular flexibility index (Phi) is 5.33. The number of fused-ring (bicyclic) bond motifs is 1. The number of amides is 1. The van der Waals surface area contributed by atoms with Gasteiger partial charge in [0.05, 0.1) is 24.6 Å². The van der Waals surface area contributed by atoms with E-state index in [1.165, 1.54) is 11.3 Å². The van der Waals surface area contributed by atoms with Gasteiger partial charge in [-0.25, -0.2) is 4.98 Å². The Bertz CT molecular complexity index is 1130. The smallest absolute Gasteiger partial charge is 0.270 e. The number of thiazole rings is 1. The second kappa shape index (κ2) is 8.15. The van der Waals surface area contributed by atoms with Gasteiger partial charge < -0.3 is 19.6 Å². The van der Waals surface area contributed by atoms with Crippen LogP contribution in [-0.4, -0.2) is 48.8 Å². The molecule has 8 heteroatoms. The summed E-state index contributed by atoms with van der Waals surface area (Å²) in [6, 6.07) is 13.3. The van der Waals surface area contributed by atoms with Crippen LogP contribution in [0.1, 0.15) is 21.8 Å². The number of methoxy groups -OCH3 is 1. The average molecular weight is 456 g/mol. The van der Waals surface area contributed by atoms with Gasteiger partial charge in [-0.15, -0.1) is 11.3 Å². The van der Waals surface area contributed by atoms with E-state index in [9.17, 15) is 9.90 Å². The van der Waals surface area contributed by atoms with Gasteiger partial charge >= 0.3 is 0 Å². The lowest BCUT2D eigenvalue weighted by Crippen LogP contribution is -2.37. The minimum absolute atomic E-state index is 0.0367. The normalized spacial score (nSPS) is 18.4. The zero-order chi connectivity index (χ0) is 21.5. The van der Waals surface area contributed by atoms with Crippen molar-refractivity contribution in [2.45, 2.75) is 18.9 Å². The minimum atomic E-state index is -0.312. The number of carbonyl (C=O) groups is 1. The summed E-state index contributed by atoms with van der Waals surface area (Å²) in [7, 11) is 1.63. The Morgan fingerprint density at radius 3 is 2.71 bits per heavy atom. The SMILES string of the molecule is COc1cc(N2CCc3nc(-c4ccc(Cl)cc4)sc3C2=O)ccc1N1CCC(O)C1. The predicted octanol–water partition coefficient (Wildman–Crippen LogP) is 4.25. The van der Waals surface area contributed by atoms with E-state index in [1.54, 1.807) is 12.0 Å². The van der Waals surface area contributed by atoms with Gasteiger partial charge in [0.2, 0.25) is 0 Å². The van der Waals surface area contributed by atoms with Crippen LogP contribution in [0.4, 0.5) is 11.4 Å². The number of β-amino-alcohol motifs (C(OH)–C–C–N with tert-alkyl or cyclic N) is 1. The molecular weight excluding hydrogens is 434 g/mol. The van der Waals surface area contributed by atoms with Gasteiger partial charge in [0.25, 0.3) is 5.91 Å². The highest BCUT2D eigenvalue weighted by Crippen LogP contribution is 2.38. The lowest BCUT2D eigenvalue weighted by molar-refractivity contribution is 0.0984. The maximum atomic E-state index is 13.3. The fourth-order valence-electron chi connectivity index (χ4n) is 4.15. The lowest BCUT2D eigenvalue weighted by atomic mass is 10.1. The number of ether oxygens (including phenoxy) is 1. The van der Waals surface area contributed by atoms with Crippen LogP contribution in [0.2, 0.25) is 5.02 Å². The van der Waals surface area contributed by atoms with E-state index < -0.39 is 0 Å². The molecule has 5 rings (SSSR count). The first kappa shape index (κ1) is 20.3. The summed E-state index contributed by atoms with van der Waals surface area (Å²) in [4.78, 5) is 22.6. The van der Waals surface area contributed by atoms with Gasteiger partial charge in [0.15, 0.2) is 0 Å². The highest BCUT2D eigenvalue weighted by Gasteiger charge is 2.31. The summed E-state index contributed by atoms with van der Waals surface area (Å²) in [6.07, 6.45) is 1.14. The van der Waals surface area contributed by atoms with Crippen molar-refractivity contribution < 1.29 is 14.6 Å². The number of aliphatic hydroxyl groups is 1. The number of carbonyl (C=O) groups excluding carboxylic acids is 1. The van der Waals surface area contributed by atoms with Crippen LogP contribution in [0, 0.1) is 0 Å². The molecule has 3 heterocycles. The van der Waals surface area contributed by atoms with Gasteiger partial charge in [-0.2, -0.15) is 0 Å². The molecule has 1 unspecified atom stereocenters. The number of rotatable bonds is 4. The third kappa shape index (κ3) is 3.78. The zero-order valence-corrected chi connectivity index (χ0v) is 18.6. The Hall–Kier alpha value is -2.61. The molecule has 0 saturated carbocycles. The van der Waals surface area contributed by atoms with Crippen LogP contribution >= 0.6 is 22.9 Å². The summed E-state index contributed by atoms with van der Waals surface area (Å²) in [5, 5.41) is 11.4. The van der Waals surface area contributed by atoms with Crippen LogP contribution in [0.5, 0.6) is 5.75 Å². The van der Waals surface area contributed by atoms with Gasteiger partial charge in [0, 0.05) is 48.4 Å². The quantitative estimate of drug-likeness (QED) is 0.637. The van der Waals surface area contributed by atoms with Crippen molar-refractivity contribution in [1.29, 1.82) is 0 Å². The van der Waals surface area contributed by atoms with Gasteiger partial charge in [-0.05, 0) is 30.7 Å². The number of nitrogens with zero attached hydrogens (tertiary/aromatic N) is 3. The van der Waals surface area contributed by atoms with Crippen LogP contribution in [-0.2, 0) is 6.42 Å². The molecule has 0 spiro atoms. The molecule has 1 amide bonds. The first-order valence-electron chi connectivity index (χ1n) is 10.2. The molecule has 160 valence electrons. The minimum Gasteiger partial charge on any atom is -0.495 e. The van der Waals surface area contributed by atoms with E-state index in [-0.39, 0.29) is 12.0 Å². The van der Waals surface area contributed by atoms with Gasteiger partial charge in [0.1, 0.15) is 15.6 Å². The number of aromatic nitrogens is 1. The monoisotopic (exact) mass is 455 g/mol. The molecule has 1 saturated heterocycles. The molecule has 1 aromatic heterocycles. The van der Waals surface area contributed by atoms with Crippen molar-refractivity contribution in [3.63, 3.8) is 0 Å². The van der Waals surface area contributed by atoms with E-state index in [0.717, 1.165) is 40.6 Å². The van der Waals surface area contributed by atoms with Crippen LogP contribution in [0.3, 0.4) is 0 Å². The van der Waals surface area contributed by atoms with E-state index in [0.29, 0.717) is 35.2 Å². The van der Waals surface area contributed by atoms with Crippen molar-refractivity contribution in [2.75, 3.05) is 36.5 Å². The van der Waals surface area contributed by atoms with E-state index in [2.05, 4.69) is 4.90 Å². The van der Waals surface area contributed by atoms with E-state index in [4.69, 9.17) is 21.3 Å². The Balaban J connectivity index is 1.42. The Labute approximate surface area is 189 Å². The summed E-state index contributed by atoms with van der Waals surface area (Å²) in [6.45, 7) is 1.95. The number of aliphatic hydroxyl groups excluding tert-OH is 1. The molecule has 31 heavy (non-hydrogen) atoms. The van der Waals surface area contributed by atoms with Crippen molar-refractivity contribution in [2.24, 2.45) is 0 Å². The number of halogens is 1. The molecule has 3 aromatic rings. The molecule has 0 bridgehead atoms. The molecule has 1 atom stereocenters. The Morgan fingerprint density at radius 1 is 1.19 bits per heavy atom. The maximum absolute atomic E-state index is 13.3. The summed E-state index contributed by atoms with van der Waals surface area (Å²) < 4.78 is 5.62. The van der Waals surface area contributed by atoms with Crippen molar-refractivity contribution in [3.8, 4) is 16.3 Å². The lowest BCUT2D eigenvalue weighted by Gasteiger charge is -2.28. The van der Waals surface area contributed by atoms with Gasteiger partial charge in [-0.1, -0.05) is 23.7 Å². The fraction of sp³-hybridized carbons (Fsp3) is 0.304. The van der Waals surface area contributed by atoms with Crippen molar-refractivity contribution in [3.05, 3.63) is 58.1 Å². The molecule has 2 aliphatic rings. The van der Waals surface area contributed by atoms with Crippen LogP contribution in [0.15, 0.2) is 42.5 Å². The molecule has 1 N–H and O–H groups in total.